The first-order valence-corrected chi connectivity index (χ1v) is 5.84. The molecule has 0 fully saturated rings. The van der Waals surface area contributed by atoms with Crippen LogP contribution >= 0.6 is 0 Å². The van der Waals surface area contributed by atoms with E-state index in [1.54, 1.807) is 6.08 Å². The molecule has 0 bridgehead atoms. The van der Waals surface area contributed by atoms with Crippen LogP contribution in [-0.4, -0.2) is 11.1 Å². The number of hydrogen-bond donors (Lipinski definition) is 1. The van der Waals surface area contributed by atoms with Gasteiger partial charge in [0.25, 0.3) is 0 Å². The molecule has 0 saturated carbocycles. The van der Waals surface area contributed by atoms with E-state index >= 15 is 0 Å². The van der Waals surface area contributed by atoms with E-state index in [1.165, 1.54) is 24.3 Å². The highest BCUT2D eigenvalue weighted by atomic mass is 19.1. The molecule has 2 nitrogen and oxygen atoms in total. The van der Waals surface area contributed by atoms with Crippen molar-refractivity contribution in [2.45, 2.75) is 6.92 Å². The number of hydrogen-bond acceptors (Lipinski definition) is 1. The average Bonchev–Trinajstić information content (AvgIpc) is 2.37. The SMILES string of the molecule is Cc1cccc(/C=C(/C(=O)O)c2ccc(F)cc2)c1. The highest BCUT2D eigenvalue weighted by Crippen LogP contribution is 2.19. The molecule has 0 spiro atoms. The minimum Gasteiger partial charge on any atom is -0.478 e. The van der Waals surface area contributed by atoms with Gasteiger partial charge in [-0.05, 0) is 36.3 Å². The van der Waals surface area contributed by atoms with Crippen molar-refractivity contribution in [1.82, 2.24) is 0 Å². The van der Waals surface area contributed by atoms with E-state index in [2.05, 4.69) is 0 Å². The second-order valence-corrected chi connectivity index (χ2v) is 4.28. The summed E-state index contributed by atoms with van der Waals surface area (Å²) in [6.07, 6.45) is 1.59. The van der Waals surface area contributed by atoms with Gasteiger partial charge in [0.1, 0.15) is 5.82 Å². The summed E-state index contributed by atoms with van der Waals surface area (Å²) in [5, 5.41) is 9.26. The van der Waals surface area contributed by atoms with Crippen molar-refractivity contribution in [3.05, 3.63) is 71.0 Å². The zero-order chi connectivity index (χ0) is 13.8. The number of aryl methyl sites for hydroxylation is 1. The van der Waals surface area contributed by atoms with Crippen LogP contribution < -0.4 is 0 Å². The van der Waals surface area contributed by atoms with Gasteiger partial charge in [-0.25, -0.2) is 9.18 Å². The van der Waals surface area contributed by atoms with Crippen molar-refractivity contribution in [3.63, 3.8) is 0 Å². The Kier molecular flexibility index (Phi) is 3.76. The fourth-order valence-electron chi connectivity index (χ4n) is 1.82. The zero-order valence-corrected chi connectivity index (χ0v) is 10.4. The van der Waals surface area contributed by atoms with Gasteiger partial charge in [0.2, 0.25) is 0 Å². The lowest BCUT2D eigenvalue weighted by atomic mass is 10.0. The number of carboxylic acids is 1. The van der Waals surface area contributed by atoms with Gasteiger partial charge in [-0.15, -0.1) is 0 Å². The van der Waals surface area contributed by atoms with E-state index in [0.717, 1.165) is 11.1 Å². The van der Waals surface area contributed by atoms with Gasteiger partial charge in [0.15, 0.2) is 0 Å². The first-order chi connectivity index (χ1) is 9.06. The Morgan fingerprint density at radius 2 is 1.84 bits per heavy atom. The molecule has 0 atom stereocenters. The number of rotatable bonds is 3. The molecule has 96 valence electrons. The van der Waals surface area contributed by atoms with Crippen LogP contribution in [0, 0.1) is 12.7 Å². The number of aliphatic carboxylic acids is 1. The summed E-state index contributed by atoms with van der Waals surface area (Å²) in [4.78, 5) is 11.3. The summed E-state index contributed by atoms with van der Waals surface area (Å²) in [5.74, 6) is -1.42. The summed E-state index contributed by atoms with van der Waals surface area (Å²) in [7, 11) is 0. The Labute approximate surface area is 110 Å². The second kappa shape index (κ2) is 5.48. The van der Waals surface area contributed by atoms with E-state index in [9.17, 15) is 14.3 Å². The third-order valence-corrected chi connectivity index (χ3v) is 2.74. The number of halogens is 1. The Bertz CT molecular complexity index is 627. The Morgan fingerprint density at radius 3 is 2.42 bits per heavy atom. The van der Waals surface area contributed by atoms with Crippen LogP contribution in [0.5, 0.6) is 0 Å². The van der Waals surface area contributed by atoms with Gasteiger partial charge < -0.3 is 5.11 Å². The second-order valence-electron chi connectivity index (χ2n) is 4.28. The Balaban J connectivity index is 2.46. The fraction of sp³-hybridized carbons (Fsp3) is 0.0625. The van der Waals surface area contributed by atoms with Gasteiger partial charge in [-0.2, -0.15) is 0 Å². The van der Waals surface area contributed by atoms with Crippen LogP contribution in [0.25, 0.3) is 11.6 Å². The summed E-state index contributed by atoms with van der Waals surface area (Å²) in [6.45, 7) is 1.94. The molecule has 2 aromatic carbocycles. The van der Waals surface area contributed by atoms with Crippen molar-refractivity contribution in [3.8, 4) is 0 Å². The monoisotopic (exact) mass is 256 g/mol. The lowest BCUT2D eigenvalue weighted by Gasteiger charge is -2.04. The molecule has 1 N–H and O–H groups in total. The van der Waals surface area contributed by atoms with Crippen molar-refractivity contribution in [2.24, 2.45) is 0 Å². The molecule has 0 aliphatic rings. The van der Waals surface area contributed by atoms with Crippen LogP contribution in [-0.2, 0) is 4.79 Å². The van der Waals surface area contributed by atoms with Crippen LogP contribution in [0.1, 0.15) is 16.7 Å². The predicted octanol–water partition coefficient (Wildman–Crippen LogP) is 3.76. The number of carbonyl (C=O) groups is 1. The van der Waals surface area contributed by atoms with Crippen molar-refractivity contribution < 1.29 is 14.3 Å². The summed E-state index contributed by atoms with van der Waals surface area (Å²) in [6, 6.07) is 13.0. The van der Waals surface area contributed by atoms with Gasteiger partial charge in [0, 0.05) is 0 Å². The molecule has 0 aliphatic carbocycles. The topological polar surface area (TPSA) is 37.3 Å². The highest BCUT2D eigenvalue weighted by Gasteiger charge is 2.10. The van der Waals surface area contributed by atoms with E-state index < -0.39 is 5.97 Å². The molecule has 3 heteroatoms. The zero-order valence-electron chi connectivity index (χ0n) is 10.4. The maximum absolute atomic E-state index is 12.9. The third-order valence-electron chi connectivity index (χ3n) is 2.74. The normalized spacial score (nSPS) is 11.4. The lowest BCUT2D eigenvalue weighted by Crippen LogP contribution is -1.99. The minimum absolute atomic E-state index is 0.144. The molecule has 2 rings (SSSR count). The first-order valence-electron chi connectivity index (χ1n) is 5.84. The molecular weight excluding hydrogens is 243 g/mol. The number of carboxylic acid groups (broad SMARTS) is 1. The maximum Gasteiger partial charge on any atom is 0.336 e. The molecule has 0 heterocycles. The average molecular weight is 256 g/mol. The highest BCUT2D eigenvalue weighted by molar-refractivity contribution is 6.20. The van der Waals surface area contributed by atoms with Crippen molar-refractivity contribution in [2.75, 3.05) is 0 Å². The fourth-order valence-corrected chi connectivity index (χ4v) is 1.82. The summed E-state index contributed by atoms with van der Waals surface area (Å²) >= 11 is 0. The molecule has 0 amide bonds. The van der Waals surface area contributed by atoms with E-state index in [0.29, 0.717) is 5.56 Å². The third kappa shape index (κ3) is 3.28. The number of benzene rings is 2. The van der Waals surface area contributed by atoms with E-state index in [1.807, 2.05) is 31.2 Å². The van der Waals surface area contributed by atoms with E-state index in [-0.39, 0.29) is 11.4 Å². The smallest absolute Gasteiger partial charge is 0.336 e. The molecule has 0 radical (unpaired) electrons. The summed E-state index contributed by atoms with van der Waals surface area (Å²) < 4.78 is 12.9. The van der Waals surface area contributed by atoms with Crippen molar-refractivity contribution in [1.29, 1.82) is 0 Å². The summed E-state index contributed by atoms with van der Waals surface area (Å²) in [5.41, 5.74) is 2.49. The van der Waals surface area contributed by atoms with Gasteiger partial charge >= 0.3 is 5.97 Å². The maximum atomic E-state index is 12.9. The Morgan fingerprint density at radius 1 is 1.16 bits per heavy atom. The van der Waals surface area contributed by atoms with Crippen molar-refractivity contribution >= 4 is 17.6 Å². The van der Waals surface area contributed by atoms with Crippen LogP contribution in [0.3, 0.4) is 0 Å². The Hall–Kier alpha value is -2.42. The first kappa shape index (κ1) is 13.0. The van der Waals surface area contributed by atoms with Gasteiger partial charge in [0.05, 0.1) is 5.57 Å². The van der Waals surface area contributed by atoms with Crippen LogP contribution in [0.4, 0.5) is 4.39 Å². The largest absolute Gasteiger partial charge is 0.478 e. The molecule has 0 aromatic heterocycles. The molecule has 0 saturated heterocycles. The molecule has 0 unspecified atom stereocenters. The van der Waals surface area contributed by atoms with Crippen LogP contribution in [0.15, 0.2) is 48.5 Å². The molecule has 0 aliphatic heterocycles. The van der Waals surface area contributed by atoms with Gasteiger partial charge in [-0.3, -0.25) is 0 Å². The minimum atomic E-state index is -1.03. The van der Waals surface area contributed by atoms with E-state index in [4.69, 9.17) is 0 Å². The molecular formula is C16H13FO2. The predicted molar refractivity (Wildman–Crippen MR) is 73.1 cm³/mol. The molecule has 19 heavy (non-hydrogen) atoms. The molecule has 2 aromatic rings. The van der Waals surface area contributed by atoms with Crippen LogP contribution in [0.2, 0.25) is 0 Å². The van der Waals surface area contributed by atoms with Gasteiger partial charge in [-0.1, -0.05) is 42.0 Å². The lowest BCUT2D eigenvalue weighted by molar-refractivity contribution is -0.130. The quantitative estimate of drug-likeness (QED) is 0.670. The standard InChI is InChI=1S/C16H13FO2/c1-11-3-2-4-12(9-11)10-15(16(18)19)13-5-7-14(17)8-6-13/h2-10H,1H3,(H,18,19)/b15-10+.